The molecule has 1 aliphatic heterocycles. The topological polar surface area (TPSA) is 58.6 Å². The van der Waals surface area contributed by atoms with E-state index in [2.05, 4.69) is 5.32 Å². The quantitative estimate of drug-likeness (QED) is 0.869. The van der Waals surface area contributed by atoms with Crippen molar-refractivity contribution in [1.82, 2.24) is 5.32 Å². The Kier molecular flexibility index (Phi) is 4.92. The number of hydrogen-bond acceptors (Lipinski definition) is 4. The van der Waals surface area contributed by atoms with Crippen molar-refractivity contribution in [1.29, 1.82) is 0 Å². The molecule has 0 radical (unpaired) electrons. The van der Waals surface area contributed by atoms with Crippen LogP contribution in [0, 0.1) is 5.82 Å². The highest BCUT2D eigenvalue weighted by molar-refractivity contribution is 6.00. The molecule has 1 aromatic rings. The van der Waals surface area contributed by atoms with E-state index >= 15 is 0 Å². The van der Waals surface area contributed by atoms with E-state index < -0.39 is 17.5 Å². The number of alkyl carbamates (subject to hydrolysis) is 1. The van der Waals surface area contributed by atoms with E-state index in [9.17, 15) is 14.0 Å². The van der Waals surface area contributed by atoms with Crippen LogP contribution in [0.3, 0.4) is 0 Å². The van der Waals surface area contributed by atoms with E-state index in [4.69, 9.17) is 4.74 Å². The van der Waals surface area contributed by atoms with Gasteiger partial charge in [0, 0.05) is 13.1 Å². The molecular formula is C17H23FN2O3. The van der Waals surface area contributed by atoms with Crippen LogP contribution in [0.25, 0.3) is 0 Å². The molecule has 1 aliphatic rings. The Balaban J connectivity index is 2.05. The Morgan fingerprint density at radius 3 is 2.65 bits per heavy atom. The van der Waals surface area contributed by atoms with Crippen LogP contribution in [0.1, 0.15) is 44.5 Å². The van der Waals surface area contributed by atoms with Crippen LogP contribution in [-0.4, -0.2) is 36.6 Å². The van der Waals surface area contributed by atoms with E-state index in [1.54, 1.807) is 32.9 Å². The minimum absolute atomic E-state index is 0.0899. The molecule has 0 saturated carbocycles. The van der Waals surface area contributed by atoms with E-state index in [-0.39, 0.29) is 17.4 Å². The molecule has 1 atom stereocenters. The molecule has 0 aliphatic carbocycles. The summed E-state index contributed by atoms with van der Waals surface area (Å²) in [5.41, 5.74) is 0.128. The summed E-state index contributed by atoms with van der Waals surface area (Å²) in [6.45, 7) is 7.93. The second-order valence-electron chi connectivity index (χ2n) is 6.77. The Bertz CT molecular complexity index is 610. The number of Topliss-reactive ketones (excluding diaryl/α,β-unsaturated/α-hetero) is 1. The summed E-state index contributed by atoms with van der Waals surface area (Å²) in [4.78, 5) is 25.4. The summed E-state index contributed by atoms with van der Waals surface area (Å²) >= 11 is 0. The predicted molar refractivity (Wildman–Crippen MR) is 86.4 cm³/mol. The lowest BCUT2D eigenvalue weighted by Gasteiger charge is -2.23. The van der Waals surface area contributed by atoms with Gasteiger partial charge in [-0.1, -0.05) is 6.07 Å². The lowest BCUT2D eigenvalue weighted by molar-refractivity contribution is 0.0508. The Morgan fingerprint density at radius 2 is 2.04 bits per heavy atom. The number of anilines is 1. The normalized spacial score (nSPS) is 18.0. The van der Waals surface area contributed by atoms with Gasteiger partial charge in [0.05, 0.1) is 17.3 Å². The fourth-order valence-electron chi connectivity index (χ4n) is 2.70. The van der Waals surface area contributed by atoms with Crippen molar-refractivity contribution < 1.29 is 18.7 Å². The van der Waals surface area contributed by atoms with E-state index in [0.717, 1.165) is 0 Å². The van der Waals surface area contributed by atoms with Crippen LogP contribution in [0.2, 0.25) is 0 Å². The van der Waals surface area contributed by atoms with Crippen molar-refractivity contribution in [3.8, 4) is 0 Å². The van der Waals surface area contributed by atoms with Crippen molar-refractivity contribution in [3.05, 3.63) is 29.6 Å². The van der Waals surface area contributed by atoms with Crippen LogP contribution in [-0.2, 0) is 4.74 Å². The molecule has 1 saturated heterocycles. The fraction of sp³-hybridized carbons (Fsp3) is 0.529. The summed E-state index contributed by atoms with van der Waals surface area (Å²) in [6, 6.07) is 4.52. The summed E-state index contributed by atoms with van der Waals surface area (Å²) < 4.78 is 19.1. The van der Waals surface area contributed by atoms with Gasteiger partial charge in [0.15, 0.2) is 5.78 Å². The second kappa shape index (κ2) is 6.56. The van der Waals surface area contributed by atoms with Gasteiger partial charge >= 0.3 is 6.09 Å². The number of ether oxygens (including phenoxy) is 1. The lowest BCUT2D eigenvalue weighted by Crippen LogP contribution is -2.40. The van der Waals surface area contributed by atoms with Crippen LogP contribution < -0.4 is 10.2 Å². The highest BCUT2D eigenvalue weighted by atomic mass is 19.1. The number of nitrogens with one attached hydrogen (secondary N) is 1. The van der Waals surface area contributed by atoms with Gasteiger partial charge in [0.2, 0.25) is 0 Å². The molecule has 5 nitrogen and oxygen atoms in total. The first-order valence-electron chi connectivity index (χ1n) is 7.71. The molecule has 126 valence electrons. The molecule has 1 fully saturated rings. The van der Waals surface area contributed by atoms with E-state index in [0.29, 0.717) is 25.2 Å². The molecule has 1 aromatic carbocycles. The van der Waals surface area contributed by atoms with Crippen LogP contribution in [0.15, 0.2) is 18.2 Å². The number of hydrogen-bond donors (Lipinski definition) is 1. The van der Waals surface area contributed by atoms with Gasteiger partial charge in [-0.3, -0.25) is 4.79 Å². The van der Waals surface area contributed by atoms with Gasteiger partial charge in [0.1, 0.15) is 11.4 Å². The number of ketones is 1. The Morgan fingerprint density at radius 1 is 1.35 bits per heavy atom. The maximum absolute atomic E-state index is 13.9. The molecule has 0 aromatic heterocycles. The zero-order valence-electron chi connectivity index (χ0n) is 14.0. The molecule has 1 amide bonds. The molecule has 2 rings (SSSR count). The first kappa shape index (κ1) is 17.2. The number of benzene rings is 1. The summed E-state index contributed by atoms with van der Waals surface area (Å²) in [7, 11) is 0. The third-order valence-corrected chi connectivity index (χ3v) is 3.59. The van der Waals surface area contributed by atoms with Crippen LogP contribution in [0.4, 0.5) is 14.9 Å². The number of carbonyl (C=O) groups excluding carboxylic acids is 2. The average molecular weight is 322 g/mol. The van der Waals surface area contributed by atoms with Gasteiger partial charge in [-0.25, -0.2) is 9.18 Å². The van der Waals surface area contributed by atoms with Gasteiger partial charge in [0.25, 0.3) is 0 Å². The monoisotopic (exact) mass is 322 g/mol. The van der Waals surface area contributed by atoms with Crippen molar-refractivity contribution >= 4 is 17.6 Å². The maximum Gasteiger partial charge on any atom is 0.407 e. The smallest absolute Gasteiger partial charge is 0.407 e. The SMILES string of the molecule is CC(=O)c1c(F)cccc1N1CC[C@H](NC(=O)OC(C)(C)C)C1. The van der Waals surface area contributed by atoms with Gasteiger partial charge in [-0.15, -0.1) is 0 Å². The second-order valence-corrected chi connectivity index (χ2v) is 6.77. The van der Waals surface area contributed by atoms with Crippen molar-refractivity contribution in [2.75, 3.05) is 18.0 Å². The first-order chi connectivity index (χ1) is 10.7. The zero-order valence-corrected chi connectivity index (χ0v) is 14.0. The third kappa shape index (κ3) is 4.43. The van der Waals surface area contributed by atoms with Crippen molar-refractivity contribution in [2.45, 2.75) is 45.8 Å². The van der Waals surface area contributed by atoms with E-state index in [1.807, 2.05) is 4.90 Å². The minimum Gasteiger partial charge on any atom is -0.444 e. The fourth-order valence-corrected chi connectivity index (χ4v) is 2.70. The van der Waals surface area contributed by atoms with Crippen LogP contribution >= 0.6 is 0 Å². The number of rotatable bonds is 3. The van der Waals surface area contributed by atoms with Gasteiger partial charge in [-0.2, -0.15) is 0 Å². The zero-order chi connectivity index (χ0) is 17.2. The number of amides is 1. The molecule has 1 heterocycles. The molecule has 23 heavy (non-hydrogen) atoms. The Labute approximate surface area is 135 Å². The Hall–Kier alpha value is -2.11. The molecular weight excluding hydrogens is 299 g/mol. The van der Waals surface area contributed by atoms with Gasteiger partial charge in [-0.05, 0) is 46.2 Å². The predicted octanol–water partition coefficient (Wildman–Crippen LogP) is 3.13. The van der Waals surface area contributed by atoms with Crippen molar-refractivity contribution in [3.63, 3.8) is 0 Å². The lowest BCUT2D eigenvalue weighted by atomic mass is 10.1. The molecule has 0 spiro atoms. The highest BCUT2D eigenvalue weighted by Crippen LogP contribution is 2.27. The number of carbonyl (C=O) groups is 2. The third-order valence-electron chi connectivity index (χ3n) is 3.59. The molecule has 0 unspecified atom stereocenters. The van der Waals surface area contributed by atoms with Gasteiger partial charge < -0.3 is 15.0 Å². The molecule has 6 heteroatoms. The largest absolute Gasteiger partial charge is 0.444 e. The van der Waals surface area contributed by atoms with E-state index in [1.165, 1.54) is 13.0 Å². The summed E-state index contributed by atoms with van der Waals surface area (Å²) in [6.07, 6.45) is 0.253. The minimum atomic E-state index is -0.549. The summed E-state index contributed by atoms with van der Waals surface area (Å²) in [5, 5.41) is 2.82. The maximum atomic E-state index is 13.9. The highest BCUT2D eigenvalue weighted by Gasteiger charge is 2.28. The average Bonchev–Trinajstić information content (AvgIpc) is 2.83. The standard InChI is InChI=1S/C17H23FN2O3/c1-11(21)15-13(18)6-5-7-14(15)20-9-8-12(10-20)19-16(22)23-17(2,3)4/h5-7,12H,8-10H2,1-4H3,(H,19,22)/t12-/m0/s1. The van der Waals surface area contributed by atoms with Crippen LogP contribution in [0.5, 0.6) is 0 Å². The summed E-state index contributed by atoms with van der Waals surface area (Å²) in [5.74, 6) is -0.819. The number of nitrogens with zero attached hydrogens (tertiary/aromatic N) is 1. The molecule has 1 N–H and O–H groups in total. The first-order valence-corrected chi connectivity index (χ1v) is 7.71. The van der Waals surface area contributed by atoms with Crippen molar-refractivity contribution in [2.24, 2.45) is 0 Å². The molecule has 0 bridgehead atoms. The number of halogens is 1.